The van der Waals surface area contributed by atoms with Crippen LogP contribution in [0, 0.1) is 0 Å². The van der Waals surface area contributed by atoms with Crippen LogP contribution in [0.2, 0.25) is 0 Å². The van der Waals surface area contributed by atoms with Crippen molar-refractivity contribution in [2.24, 2.45) is 0 Å². The molecule has 0 aliphatic heterocycles. The second-order valence-electron chi connectivity index (χ2n) is 4.10. The fourth-order valence-electron chi connectivity index (χ4n) is 2.15. The quantitative estimate of drug-likeness (QED) is 0.724. The zero-order valence-corrected chi connectivity index (χ0v) is 9.73. The number of carboxylic acid groups (broad SMARTS) is 1. The minimum Gasteiger partial charge on any atom is -0.497 e. The molecule has 1 heterocycles. The van der Waals surface area contributed by atoms with E-state index >= 15 is 0 Å². The summed E-state index contributed by atoms with van der Waals surface area (Å²) in [5, 5.41) is 11.0. The lowest BCUT2D eigenvalue weighted by Gasteiger charge is -1.98. The number of rotatable bonds is 2. The maximum atomic E-state index is 10.9. The molecule has 0 spiro atoms. The summed E-state index contributed by atoms with van der Waals surface area (Å²) in [6.45, 7) is 0. The SMILES string of the molecule is COc1ccc2c(c1)[nH]c1cc(C(=O)O)ccc12. The Kier molecular flexibility index (Phi) is 2.23. The number of ether oxygens (including phenoxy) is 1. The van der Waals surface area contributed by atoms with Gasteiger partial charge in [-0.15, -0.1) is 0 Å². The van der Waals surface area contributed by atoms with E-state index in [1.54, 1.807) is 19.2 Å². The number of fused-ring (bicyclic) bond motifs is 3. The van der Waals surface area contributed by atoms with Gasteiger partial charge in [-0.1, -0.05) is 6.07 Å². The predicted molar refractivity (Wildman–Crippen MR) is 69.3 cm³/mol. The van der Waals surface area contributed by atoms with Gasteiger partial charge in [0, 0.05) is 22.4 Å². The van der Waals surface area contributed by atoms with Crippen molar-refractivity contribution < 1.29 is 14.6 Å². The molecule has 3 rings (SSSR count). The van der Waals surface area contributed by atoms with Crippen LogP contribution in [0.5, 0.6) is 5.75 Å². The smallest absolute Gasteiger partial charge is 0.335 e. The highest BCUT2D eigenvalue weighted by molar-refractivity contribution is 6.09. The predicted octanol–water partition coefficient (Wildman–Crippen LogP) is 3.03. The lowest BCUT2D eigenvalue weighted by atomic mass is 10.1. The average Bonchev–Trinajstić information content (AvgIpc) is 2.74. The second-order valence-corrected chi connectivity index (χ2v) is 4.10. The Morgan fingerprint density at radius 1 is 1.11 bits per heavy atom. The lowest BCUT2D eigenvalue weighted by Crippen LogP contribution is -1.94. The van der Waals surface area contributed by atoms with Crippen LogP contribution >= 0.6 is 0 Å². The minimum absolute atomic E-state index is 0.279. The van der Waals surface area contributed by atoms with Gasteiger partial charge in [-0.2, -0.15) is 0 Å². The van der Waals surface area contributed by atoms with E-state index in [0.717, 1.165) is 27.6 Å². The average molecular weight is 241 g/mol. The van der Waals surface area contributed by atoms with Gasteiger partial charge in [-0.05, 0) is 24.3 Å². The fourth-order valence-corrected chi connectivity index (χ4v) is 2.15. The van der Waals surface area contributed by atoms with Gasteiger partial charge in [-0.3, -0.25) is 0 Å². The molecule has 0 amide bonds. The van der Waals surface area contributed by atoms with Gasteiger partial charge < -0.3 is 14.8 Å². The maximum Gasteiger partial charge on any atom is 0.335 e. The molecule has 0 saturated carbocycles. The maximum absolute atomic E-state index is 10.9. The third-order valence-corrected chi connectivity index (χ3v) is 3.05. The van der Waals surface area contributed by atoms with Crippen LogP contribution in [-0.4, -0.2) is 23.2 Å². The van der Waals surface area contributed by atoms with Crippen molar-refractivity contribution >= 4 is 27.8 Å². The van der Waals surface area contributed by atoms with E-state index in [1.165, 1.54) is 0 Å². The van der Waals surface area contributed by atoms with Crippen molar-refractivity contribution in [3.63, 3.8) is 0 Å². The number of aromatic carboxylic acids is 1. The van der Waals surface area contributed by atoms with E-state index in [0.29, 0.717) is 0 Å². The lowest BCUT2D eigenvalue weighted by molar-refractivity contribution is 0.0697. The van der Waals surface area contributed by atoms with Gasteiger partial charge in [0.25, 0.3) is 0 Å². The molecule has 2 N–H and O–H groups in total. The summed E-state index contributed by atoms with van der Waals surface area (Å²) in [5.74, 6) is -0.152. The van der Waals surface area contributed by atoms with Crippen molar-refractivity contribution in [3.05, 3.63) is 42.0 Å². The van der Waals surface area contributed by atoms with E-state index in [2.05, 4.69) is 4.98 Å². The molecule has 3 aromatic rings. The Balaban J connectivity index is 2.31. The number of H-pyrrole nitrogens is 1. The summed E-state index contributed by atoms with van der Waals surface area (Å²) in [5.41, 5.74) is 2.03. The van der Waals surface area contributed by atoms with Crippen LogP contribution in [0.25, 0.3) is 21.8 Å². The number of benzene rings is 2. The van der Waals surface area contributed by atoms with Gasteiger partial charge >= 0.3 is 5.97 Å². The summed E-state index contributed by atoms with van der Waals surface area (Å²) in [7, 11) is 1.62. The Bertz CT molecular complexity index is 758. The Morgan fingerprint density at radius 2 is 1.78 bits per heavy atom. The van der Waals surface area contributed by atoms with Crippen LogP contribution in [0.4, 0.5) is 0 Å². The van der Waals surface area contributed by atoms with Gasteiger partial charge in [0.2, 0.25) is 0 Å². The van der Waals surface area contributed by atoms with Crippen molar-refractivity contribution in [2.45, 2.75) is 0 Å². The third kappa shape index (κ3) is 1.50. The molecule has 90 valence electrons. The van der Waals surface area contributed by atoms with Crippen LogP contribution in [0.1, 0.15) is 10.4 Å². The number of methoxy groups -OCH3 is 1. The summed E-state index contributed by atoms with van der Waals surface area (Å²) < 4.78 is 5.17. The number of nitrogens with one attached hydrogen (secondary N) is 1. The van der Waals surface area contributed by atoms with Gasteiger partial charge in [0.1, 0.15) is 5.75 Å². The molecule has 0 bridgehead atoms. The Labute approximate surface area is 103 Å². The summed E-state index contributed by atoms with van der Waals surface area (Å²) >= 11 is 0. The number of carboxylic acids is 1. The van der Waals surface area contributed by atoms with Crippen LogP contribution in [0.3, 0.4) is 0 Å². The van der Waals surface area contributed by atoms with Crippen molar-refractivity contribution in [1.82, 2.24) is 4.98 Å². The molecule has 1 aromatic heterocycles. The zero-order chi connectivity index (χ0) is 12.7. The standard InChI is InChI=1S/C14H11NO3/c1-18-9-3-5-11-10-4-2-8(14(16)17)6-12(10)15-13(11)7-9/h2-7,15H,1H3,(H,16,17). The molecule has 0 aliphatic carbocycles. The van der Waals surface area contributed by atoms with Crippen molar-refractivity contribution in [3.8, 4) is 5.75 Å². The van der Waals surface area contributed by atoms with Gasteiger partial charge in [0.05, 0.1) is 18.2 Å². The fraction of sp³-hybridized carbons (Fsp3) is 0.0714. The molecule has 0 saturated heterocycles. The summed E-state index contributed by atoms with van der Waals surface area (Å²) in [6, 6.07) is 10.8. The second kappa shape index (κ2) is 3.77. The molecule has 0 fully saturated rings. The molecule has 2 aromatic carbocycles. The molecule has 0 aliphatic rings. The zero-order valence-electron chi connectivity index (χ0n) is 9.73. The number of aromatic amines is 1. The van der Waals surface area contributed by atoms with E-state index in [1.807, 2.05) is 24.3 Å². The van der Waals surface area contributed by atoms with Crippen LogP contribution in [0.15, 0.2) is 36.4 Å². The highest BCUT2D eigenvalue weighted by atomic mass is 16.5. The highest BCUT2D eigenvalue weighted by Gasteiger charge is 2.08. The topological polar surface area (TPSA) is 62.3 Å². The monoisotopic (exact) mass is 241 g/mol. The summed E-state index contributed by atoms with van der Waals surface area (Å²) in [6.07, 6.45) is 0. The van der Waals surface area contributed by atoms with Gasteiger partial charge in [-0.25, -0.2) is 4.79 Å². The number of aromatic nitrogens is 1. The molecule has 0 radical (unpaired) electrons. The largest absolute Gasteiger partial charge is 0.497 e. The molecule has 18 heavy (non-hydrogen) atoms. The van der Waals surface area contributed by atoms with Crippen LogP contribution in [-0.2, 0) is 0 Å². The van der Waals surface area contributed by atoms with Crippen molar-refractivity contribution in [1.29, 1.82) is 0 Å². The summed E-state index contributed by atoms with van der Waals surface area (Å²) in [4.78, 5) is 14.1. The van der Waals surface area contributed by atoms with Gasteiger partial charge in [0.15, 0.2) is 0 Å². The highest BCUT2D eigenvalue weighted by Crippen LogP contribution is 2.28. The normalized spacial score (nSPS) is 10.9. The number of hydrogen-bond donors (Lipinski definition) is 2. The minimum atomic E-state index is -0.923. The molecular formula is C14H11NO3. The first-order valence-corrected chi connectivity index (χ1v) is 5.52. The first kappa shape index (κ1) is 10.7. The van der Waals surface area contributed by atoms with Crippen LogP contribution < -0.4 is 4.74 Å². The molecule has 4 nitrogen and oxygen atoms in total. The third-order valence-electron chi connectivity index (χ3n) is 3.05. The Hall–Kier alpha value is -2.49. The Morgan fingerprint density at radius 3 is 2.44 bits per heavy atom. The molecule has 4 heteroatoms. The number of carbonyl (C=O) groups is 1. The molecule has 0 unspecified atom stereocenters. The van der Waals surface area contributed by atoms with E-state index in [9.17, 15) is 4.79 Å². The van der Waals surface area contributed by atoms with E-state index < -0.39 is 5.97 Å². The van der Waals surface area contributed by atoms with E-state index in [4.69, 9.17) is 9.84 Å². The first-order chi connectivity index (χ1) is 8.69. The molecule has 0 atom stereocenters. The number of hydrogen-bond acceptors (Lipinski definition) is 2. The first-order valence-electron chi connectivity index (χ1n) is 5.52. The van der Waals surface area contributed by atoms with E-state index in [-0.39, 0.29) is 5.56 Å². The van der Waals surface area contributed by atoms with Crippen molar-refractivity contribution in [2.75, 3.05) is 7.11 Å². The molecular weight excluding hydrogens is 230 g/mol.